The predicted octanol–water partition coefficient (Wildman–Crippen LogP) is 2.96. The maximum absolute atomic E-state index is 12.7. The highest BCUT2D eigenvalue weighted by Gasteiger charge is 2.27. The third-order valence-electron chi connectivity index (χ3n) is 4.11. The Labute approximate surface area is 143 Å². The van der Waals surface area contributed by atoms with Gasteiger partial charge in [0, 0.05) is 29.6 Å². The Kier molecular flexibility index (Phi) is 3.65. The normalized spacial score (nSPS) is 13.3. The maximum Gasteiger partial charge on any atom is 0.275 e. The van der Waals surface area contributed by atoms with E-state index in [9.17, 15) is 4.79 Å². The number of aromatic nitrogens is 4. The molecule has 0 unspecified atom stereocenters. The Balaban J connectivity index is 1.54. The molecule has 1 N–H and O–H groups in total. The zero-order chi connectivity index (χ0) is 16.7. The minimum atomic E-state index is -0.0816. The average Bonchev–Trinajstić information content (AvgIpc) is 3.31. The summed E-state index contributed by atoms with van der Waals surface area (Å²) in [7, 11) is 0. The van der Waals surface area contributed by atoms with Gasteiger partial charge in [0.25, 0.3) is 5.91 Å². The summed E-state index contributed by atoms with van der Waals surface area (Å²) in [5.41, 5.74) is 3.28. The quantitative estimate of drug-likeness (QED) is 0.796. The van der Waals surface area contributed by atoms with E-state index >= 15 is 0 Å². The summed E-state index contributed by atoms with van der Waals surface area (Å²) < 4.78 is 0. The van der Waals surface area contributed by atoms with Gasteiger partial charge in [-0.25, -0.2) is 9.97 Å². The predicted molar refractivity (Wildman–Crippen MR) is 91.6 cm³/mol. The second-order valence-corrected chi connectivity index (χ2v) is 7.14. The molecule has 0 aliphatic carbocycles. The first kappa shape index (κ1) is 15.0. The zero-order valence-corrected chi connectivity index (χ0v) is 14.4. The molecule has 0 spiro atoms. The number of nitrogens with zero attached hydrogens (tertiary/aromatic N) is 4. The van der Waals surface area contributed by atoms with Crippen LogP contribution in [0.1, 0.15) is 39.4 Å². The third kappa shape index (κ3) is 2.60. The lowest BCUT2D eigenvalue weighted by molar-refractivity contribution is 0.0744. The number of fused-ring (bicyclic) bond motifs is 1. The molecule has 24 heavy (non-hydrogen) atoms. The van der Waals surface area contributed by atoms with Gasteiger partial charge in [-0.15, -0.1) is 11.3 Å². The Morgan fingerprint density at radius 1 is 1.38 bits per heavy atom. The van der Waals surface area contributed by atoms with Crippen LogP contribution >= 0.6 is 11.3 Å². The first-order valence-electron chi connectivity index (χ1n) is 7.89. The van der Waals surface area contributed by atoms with Gasteiger partial charge in [0.15, 0.2) is 5.69 Å². The molecular weight excluding hydrogens is 322 g/mol. The van der Waals surface area contributed by atoms with Crippen LogP contribution in [0, 0.1) is 6.92 Å². The molecule has 1 aliphatic heterocycles. The number of aromatic amines is 1. The van der Waals surface area contributed by atoms with Crippen LogP contribution in [0.5, 0.6) is 0 Å². The van der Waals surface area contributed by atoms with Gasteiger partial charge >= 0.3 is 0 Å². The highest BCUT2D eigenvalue weighted by atomic mass is 32.1. The molecule has 4 heterocycles. The molecular formula is C17H17N5OS. The number of hydrogen-bond acceptors (Lipinski definition) is 5. The molecule has 0 saturated heterocycles. The second-order valence-electron chi connectivity index (χ2n) is 5.85. The van der Waals surface area contributed by atoms with Gasteiger partial charge in [0.05, 0.1) is 22.8 Å². The Morgan fingerprint density at radius 3 is 3.00 bits per heavy atom. The zero-order valence-electron chi connectivity index (χ0n) is 13.5. The Bertz CT molecular complexity index is 913. The molecule has 3 aromatic rings. The molecule has 1 amide bonds. The number of thiophene rings is 1. The van der Waals surface area contributed by atoms with E-state index in [1.807, 2.05) is 25.3 Å². The first-order chi connectivity index (χ1) is 11.6. The average molecular weight is 339 g/mol. The summed E-state index contributed by atoms with van der Waals surface area (Å²) >= 11 is 1.68. The van der Waals surface area contributed by atoms with Crippen molar-refractivity contribution in [3.8, 4) is 10.6 Å². The Hall–Kier alpha value is -2.54. The van der Waals surface area contributed by atoms with Crippen molar-refractivity contribution in [2.24, 2.45) is 0 Å². The highest BCUT2D eigenvalue weighted by Crippen LogP contribution is 2.27. The van der Waals surface area contributed by atoms with Gasteiger partial charge in [-0.05, 0) is 25.1 Å². The van der Waals surface area contributed by atoms with Crippen LogP contribution in [-0.2, 0) is 19.5 Å². The Morgan fingerprint density at radius 2 is 2.25 bits per heavy atom. The van der Waals surface area contributed by atoms with Gasteiger partial charge in [0.2, 0.25) is 0 Å². The fraction of sp³-hybridized carbons (Fsp3) is 0.294. The second kappa shape index (κ2) is 5.83. The SMILES string of the molecule is CCc1ncc2c(n1)CN(C(=O)c1cc(-c3ccc(C)s3)[nH]n1)C2. The van der Waals surface area contributed by atoms with Crippen molar-refractivity contribution >= 4 is 17.2 Å². The monoisotopic (exact) mass is 339 g/mol. The molecule has 7 heteroatoms. The van der Waals surface area contributed by atoms with Gasteiger partial charge in [0.1, 0.15) is 5.82 Å². The molecule has 0 fully saturated rings. The van der Waals surface area contributed by atoms with Crippen molar-refractivity contribution in [2.45, 2.75) is 33.4 Å². The van der Waals surface area contributed by atoms with Gasteiger partial charge in [-0.1, -0.05) is 6.92 Å². The molecule has 0 bridgehead atoms. The molecule has 4 rings (SSSR count). The fourth-order valence-corrected chi connectivity index (χ4v) is 3.64. The van der Waals surface area contributed by atoms with Crippen molar-refractivity contribution < 1.29 is 4.79 Å². The van der Waals surface area contributed by atoms with E-state index in [0.717, 1.165) is 34.1 Å². The van der Waals surface area contributed by atoms with Crippen molar-refractivity contribution in [1.29, 1.82) is 0 Å². The summed E-state index contributed by atoms with van der Waals surface area (Å²) in [6.07, 6.45) is 2.63. The van der Waals surface area contributed by atoms with E-state index in [4.69, 9.17) is 0 Å². The lowest BCUT2D eigenvalue weighted by atomic mass is 10.3. The van der Waals surface area contributed by atoms with E-state index in [0.29, 0.717) is 18.8 Å². The summed E-state index contributed by atoms with van der Waals surface area (Å²) in [4.78, 5) is 25.6. The summed E-state index contributed by atoms with van der Waals surface area (Å²) in [5, 5.41) is 7.16. The minimum absolute atomic E-state index is 0.0816. The summed E-state index contributed by atoms with van der Waals surface area (Å²) in [5.74, 6) is 0.736. The van der Waals surface area contributed by atoms with Crippen LogP contribution in [0.25, 0.3) is 10.6 Å². The van der Waals surface area contributed by atoms with Gasteiger partial charge in [-0.3, -0.25) is 9.89 Å². The highest BCUT2D eigenvalue weighted by molar-refractivity contribution is 7.15. The number of rotatable bonds is 3. The number of carbonyl (C=O) groups excluding carboxylic acids is 1. The molecule has 6 nitrogen and oxygen atoms in total. The smallest absolute Gasteiger partial charge is 0.275 e. The molecule has 1 aliphatic rings. The molecule has 0 atom stereocenters. The number of H-pyrrole nitrogens is 1. The van der Waals surface area contributed by atoms with Crippen LogP contribution in [0.15, 0.2) is 24.4 Å². The molecule has 0 saturated carbocycles. The topological polar surface area (TPSA) is 74.8 Å². The third-order valence-corrected chi connectivity index (χ3v) is 5.15. The number of carbonyl (C=O) groups is 1. The van der Waals surface area contributed by atoms with Crippen molar-refractivity contribution in [3.05, 3.63) is 52.0 Å². The van der Waals surface area contributed by atoms with Crippen LogP contribution < -0.4 is 0 Å². The lowest BCUT2D eigenvalue weighted by Gasteiger charge is -2.12. The molecule has 0 radical (unpaired) electrons. The molecule has 3 aromatic heterocycles. The standard InChI is InChI=1S/C17H17N5OS/c1-3-16-18-7-11-8-22(9-14(11)19-16)17(23)13-6-12(20-21-13)15-5-4-10(2)24-15/h4-7H,3,8-9H2,1-2H3,(H,20,21). The van der Waals surface area contributed by atoms with Crippen LogP contribution in [0.2, 0.25) is 0 Å². The number of aryl methyl sites for hydroxylation is 2. The van der Waals surface area contributed by atoms with E-state index in [1.54, 1.807) is 16.2 Å². The maximum atomic E-state index is 12.7. The van der Waals surface area contributed by atoms with Gasteiger partial charge < -0.3 is 4.90 Å². The molecule has 0 aromatic carbocycles. The minimum Gasteiger partial charge on any atom is -0.327 e. The molecule has 122 valence electrons. The lowest BCUT2D eigenvalue weighted by Crippen LogP contribution is -2.25. The van der Waals surface area contributed by atoms with E-state index in [2.05, 4.69) is 33.2 Å². The van der Waals surface area contributed by atoms with Crippen LogP contribution in [0.4, 0.5) is 0 Å². The van der Waals surface area contributed by atoms with Crippen LogP contribution in [-0.4, -0.2) is 31.0 Å². The number of hydrogen-bond donors (Lipinski definition) is 1. The van der Waals surface area contributed by atoms with E-state index in [1.165, 1.54) is 4.88 Å². The fourth-order valence-electron chi connectivity index (χ4n) is 2.81. The van der Waals surface area contributed by atoms with Crippen molar-refractivity contribution in [2.75, 3.05) is 0 Å². The largest absolute Gasteiger partial charge is 0.327 e. The summed E-state index contributed by atoms with van der Waals surface area (Å²) in [6, 6.07) is 5.92. The van der Waals surface area contributed by atoms with Crippen molar-refractivity contribution in [1.82, 2.24) is 25.1 Å². The van der Waals surface area contributed by atoms with E-state index < -0.39 is 0 Å². The summed E-state index contributed by atoms with van der Waals surface area (Å²) in [6.45, 7) is 5.14. The van der Waals surface area contributed by atoms with Crippen LogP contribution in [0.3, 0.4) is 0 Å². The number of nitrogens with one attached hydrogen (secondary N) is 1. The van der Waals surface area contributed by atoms with E-state index in [-0.39, 0.29) is 5.91 Å². The first-order valence-corrected chi connectivity index (χ1v) is 8.71. The van der Waals surface area contributed by atoms with Gasteiger partial charge in [-0.2, -0.15) is 5.10 Å². The van der Waals surface area contributed by atoms with Crippen molar-refractivity contribution in [3.63, 3.8) is 0 Å². The number of amides is 1.